The van der Waals surface area contributed by atoms with Gasteiger partial charge in [0.1, 0.15) is 0 Å². The van der Waals surface area contributed by atoms with Crippen molar-refractivity contribution in [3.63, 3.8) is 0 Å². The third-order valence-corrected chi connectivity index (χ3v) is 5.31. The summed E-state index contributed by atoms with van der Waals surface area (Å²) in [6, 6.07) is 0.101. The number of hydrogen-bond acceptors (Lipinski definition) is 1. The molecule has 0 bridgehead atoms. The highest BCUT2D eigenvalue weighted by molar-refractivity contribution is 5.77. The van der Waals surface area contributed by atoms with Crippen molar-refractivity contribution < 1.29 is 4.79 Å². The van der Waals surface area contributed by atoms with Crippen molar-refractivity contribution in [1.29, 1.82) is 0 Å². The lowest BCUT2D eigenvalue weighted by molar-refractivity contribution is -0.0926. The molecule has 1 aliphatic rings. The van der Waals surface area contributed by atoms with E-state index in [9.17, 15) is 4.79 Å². The van der Waals surface area contributed by atoms with Gasteiger partial charge in [-0.15, -0.1) is 0 Å². The van der Waals surface area contributed by atoms with E-state index in [1.54, 1.807) is 0 Å². The third kappa shape index (κ3) is 1.21. The number of amides is 2. The molecule has 3 nitrogen and oxygen atoms in total. The Balaban J connectivity index is 3.33. The molecule has 1 heterocycles. The van der Waals surface area contributed by atoms with Gasteiger partial charge in [-0.2, -0.15) is 0 Å². The molecule has 1 fully saturated rings. The fourth-order valence-corrected chi connectivity index (χ4v) is 2.29. The molecule has 0 saturated carbocycles. The minimum Gasteiger partial charge on any atom is -0.322 e. The first kappa shape index (κ1) is 12.3. The highest BCUT2D eigenvalue weighted by atomic mass is 16.2. The Morgan fingerprint density at radius 3 is 1.33 bits per heavy atom. The van der Waals surface area contributed by atoms with Crippen molar-refractivity contribution in [1.82, 2.24) is 9.80 Å². The second-order valence-corrected chi connectivity index (χ2v) is 6.14. The van der Waals surface area contributed by atoms with Gasteiger partial charge in [-0.05, 0) is 27.7 Å². The average Bonchev–Trinajstić information content (AvgIpc) is 2.12. The second-order valence-electron chi connectivity index (χ2n) is 6.14. The van der Waals surface area contributed by atoms with E-state index < -0.39 is 0 Å². The van der Waals surface area contributed by atoms with Crippen LogP contribution >= 0.6 is 0 Å². The molecular weight excluding hydrogens is 188 g/mol. The summed E-state index contributed by atoms with van der Waals surface area (Å²) in [4.78, 5) is 15.8. The largest absolute Gasteiger partial charge is 0.322 e. The van der Waals surface area contributed by atoms with E-state index in [1.165, 1.54) is 0 Å². The van der Waals surface area contributed by atoms with E-state index in [4.69, 9.17) is 0 Å². The van der Waals surface area contributed by atoms with Gasteiger partial charge in [0, 0.05) is 30.6 Å². The zero-order chi connectivity index (χ0) is 12.2. The van der Waals surface area contributed by atoms with Crippen molar-refractivity contribution in [2.75, 3.05) is 14.1 Å². The van der Waals surface area contributed by atoms with Gasteiger partial charge < -0.3 is 9.80 Å². The van der Waals surface area contributed by atoms with Crippen LogP contribution < -0.4 is 0 Å². The lowest BCUT2D eigenvalue weighted by atomic mass is 9.60. The van der Waals surface area contributed by atoms with Crippen molar-refractivity contribution in [2.45, 2.75) is 52.6 Å². The van der Waals surface area contributed by atoms with Gasteiger partial charge in [0.05, 0.1) is 0 Å². The van der Waals surface area contributed by atoms with E-state index >= 15 is 0 Å². The highest BCUT2D eigenvalue weighted by Gasteiger charge is 2.58. The van der Waals surface area contributed by atoms with E-state index in [0.29, 0.717) is 0 Å². The van der Waals surface area contributed by atoms with Crippen molar-refractivity contribution in [2.24, 2.45) is 5.41 Å². The first-order valence-electron chi connectivity index (χ1n) is 5.49. The van der Waals surface area contributed by atoms with Gasteiger partial charge >= 0.3 is 6.03 Å². The van der Waals surface area contributed by atoms with Gasteiger partial charge in [0.15, 0.2) is 0 Å². The molecule has 0 aromatic rings. The number of carbonyl (C=O) groups is 1. The Morgan fingerprint density at radius 1 is 0.800 bits per heavy atom. The van der Waals surface area contributed by atoms with Gasteiger partial charge in [-0.1, -0.05) is 13.8 Å². The Labute approximate surface area is 93.4 Å². The van der Waals surface area contributed by atoms with E-state index in [-0.39, 0.29) is 22.5 Å². The fourth-order valence-electron chi connectivity index (χ4n) is 2.29. The van der Waals surface area contributed by atoms with Crippen molar-refractivity contribution in [3.8, 4) is 0 Å². The van der Waals surface area contributed by atoms with E-state index in [2.05, 4.69) is 41.5 Å². The molecule has 15 heavy (non-hydrogen) atoms. The Morgan fingerprint density at radius 2 is 1.07 bits per heavy atom. The molecule has 0 aliphatic carbocycles. The highest BCUT2D eigenvalue weighted by Crippen LogP contribution is 2.49. The van der Waals surface area contributed by atoms with Gasteiger partial charge in [0.25, 0.3) is 0 Å². The summed E-state index contributed by atoms with van der Waals surface area (Å²) in [5.41, 5.74) is -0.252. The summed E-state index contributed by atoms with van der Waals surface area (Å²) in [6.45, 7) is 13.0. The van der Waals surface area contributed by atoms with Crippen molar-refractivity contribution in [3.05, 3.63) is 0 Å². The smallest absolute Gasteiger partial charge is 0.320 e. The predicted octanol–water partition coefficient (Wildman–Crippen LogP) is 2.57. The fraction of sp³-hybridized carbons (Fsp3) is 0.917. The summed E-state index contributed by atoms with van der Waals surface area (Å²) >= 11 is 0. The summed E-state index contributed by atoms with van der Waals surface area (Å²) in [7, 11) is 3.77. The maximum atomic E-state index is 12.1. The normalized spacial score (nSPS) is 28.1. The molecule has 0 N–H and O–H groups in total. The van der Waals surface area contributed by atoms with Crippen LogP contribution in [0, 0.1) is 5.41 Å². The molecule has 0 spiro atoms. The van der Waals surface area contributed by atoms with Gasteiger partial charge in [-0.25, -0.2) is 4.79 Å². The number of rotatable bonds is 0. The minimum atomic E-state index is -0.139. The van der Waals surface area contributed by atoms with Crippen LogP contribution in [0.4, 0.5) is 4.79 Å². The Kier molecular flexibility index (Phi) is 2.38. The van der Waals surface area contributed by atoms with Crippen LogP contribution in [-0.4, -0.2) is 41.0 Å². The molecule has 88 valence electrons. The lowest BCUT2D eigenvalue weighted by Crippen LogP contribution is -2.74. The summed E-state index contributed by atoms with van der Waals surface area (Å²) in [5, 5.41) is 0. The SMILES string of the molecule is CN1C(=O)N(C)C(C)(C)C(C)(C)C1(C)C. The molecule has 1 saturated heterocycles. The molecule has 1 aliphatic heterocycles. The predicted molar refractivity (Wildman–Crippen MR) is 62.9 cm³/mol. The Hall–Kier alpha value is -0.730. The number of hydrogen-bond donors (Lipinski definition) is 0. The molecule has 0 radical (unpaired) electrons. The summed E-state index contributed by atoms with van der Waals surface area (Å²) < 4.78 is 0. The van der Waals surface area contributed by atoms with Gasteiger partial charge in [-0.3, -0.25) is 0 Å². The topological polar surface area (TPSA) is 23.6 Å². The Bertz CT molecular complexity index is 266. The minimum absolute atomic E-state index is 0.0252. The van der Waals surface area contributed by atoms with Crippen LogP contribution in [-0.2, 0) is 0 Å². The number of urea groups is 1. The lowest BCUT2D eigenvalue weighted by Gasteiger charge is -2.63. The molecule has 1 rings (SSSR count). The molecule has 2 amide bonds. The zero-order valence-corrected chi connectivity index (χ0v) is 11.3. The molecule has 0 aromatic heterocycles. The van der Waals surface area contributed by atoms with Crippen LogP contribution in [0.15, 0.2) is 0 Å². The first-order valence-corrected chi connectivity index (χ1v) is 5.49. The van der Waals surface area contributed by atoms with Gasteiger partial charge in [0.2, 0.25) is 0 Å². The molecule has 0 unspecified atom stereocenters. The van der Waals surface area contributed by atoms with Crippen LogP contribution in [0.2, 0.25) is 0 Å². The van der Waals surface area contributed by atoms with Crippen LogP contribution in [0.5, 0.6) is 0 Å². The van der Waals surface area contributed by atoms with Crippen LogP contribution in [0.3, 0.4) is 0 Å². The summed E-state index contributed by atoms with van der Waals surface area (Å²) in [5.74, 6) is 0. The number of nitrogens with zero attached hydrogens (tertiary/aromatic N) is 2. The first-order chi connectivity index (χ1) is 6.48. The molecule has 3 heteroatoms. The van der Waals surface area contributed by atoms with E-state index in [0.717, 1.165) is 0 Å². The second kappa shape index (κ2) is 2.89. The van der Waals surface area contributed by atoms with Crippen LogP contribution in [0.1, 0.15) is 41.5 Å². The van der Waals surface area contributed by atoms with Crippen molar-refractivity contribution >= 4 is 6.03 Å². The zero-order valence-electron chi connectivity index (χ0n) is 11.3. The maximum absolute atomic E-state index is 12.1. The molecule has 0 atom stereocenters. The van der Waals surface area contributed by atoms with Crippen LogP contribution in [0.25, 0.3) is 0 Å². The quantitative estimate of drug-likeness (QED) is 0.605. The number of carbonyl (C=O) groups excluding carboxylic acids is 1. The molecule has 0 aromatic carbocycles. The third-order valence-electron chi connectivity index (χ3n) is 5.31. The molecular formula is C12H24N2O. The summed E-state index contributed by atoms with van der Waals surface area (Å²) in [6.07, 6.45) is 0. The van der Waals surface area contributed by atoms with E-state index in [1.807, 2.05) is 23.9 Å². The standard InChI is InChI=1S/C12H24N2O/c1-10(2)11(3,4)13(7)9(15)14(8)12(10,5)6/h1-8H3. The maximum Gasteiger partial charge on any atom is 0.320 e. The monoisotopic (exact) mass is 212 g/mol. The average molecular weight is 212 g/mol.